The van der Waals surface area contributed by atoms with Gasteiger partial charge in [0.15, 0.2) is 0 Å². The molecule has 0 saturated heterocycles. The Kier molecular flexibility index (Phi) is 2.58. The van der Waals surface area contributed by atoms with Crippen LogP contribution in [0.4, 0.5) is 0 Å². The summed E-state index contributed by atoms with van der Waals surface area (Å²) in [7, 11) is 7.43. The Bertz CT molecular complexity index is 214. The lowest BCUT2D eigenvalue weighted by Crippen LogP contribution is -2.11. The first-order valence-electron chi connectivity index (χ1n) is 3.75. The van der Waals surface area contributed by atoms with Crippen molar-refractivity contribution in [2.75, 3.05) is 7.05 Å². The summed E-state index contributed by atoms with van der Waals surface area (Å²) < 4.78 is 0. The minimum atomic E-state index is 0.464. The maximum absolute atomic E-state index is 5.58. The predicted molar refractivity (Wildman–Crippen MR) is 49.0 cm³/mol. The maximum atomic E-state index is 5.58. The first-order valence-corrected chi connectivity index (χ1v) is 3.75. The average molecular weight is 145 g/mol. The van der Waals surface area contributed by atoms with Crippen LogP contribution in [-0.2, 0) is 0 Å². The summed E-state index contributed by atoms with van der Waals surface area (Å²) >= 11 is 0. The Hall–Kier alpha value is -0.915. The number of likely N-dealkylation sites (N-methyl/N-ethyl adjacent to an activating group) is 1. The van der Waals surface area contributed by atoms with Gasteiger partial charge in [-0.25, -0.2) is 0 Å². The van der Waals surface area contributed by atoms with E-state index in [4.69, 9.17) is 7.98 Å². The van der Waals surface area contributed by atoms with Gasteiger partial charge in [-0.3, -0.25) is 0 Å². The molecule has 0 aliphatic heterocycles. The van der Waals surface area contributed by atoms with Crippen LogP contribution in [0.3, 0.4) is 0 Å². The van der Waals surface area contributed by atoms with Gasteiger partial charge in [-0.05, 0) is 19.0 Å². The Morgan fingerprint density at radius 3 is 2.82 bits per heavy atom. The number of nitrogens with zero attached hydrogens (tertiary/aromatic N) is 1. The van der Waals surface area contributed by atoms with E-state index in [0.29, 0.717) is 5.92 Å². The lowest BCUT2D eigenvalue weighted by Gasteiger charge is -2.14. The molecule has 0 N–H and O–H groups in total. The molecule has 2 radical (unpaired) electrons. The van der Waals surface area contributed by atoms with Gasteiger partial charge in [-0.1, -0.05) is 31.2 Å². The molecule has 0 aromatic rings. The molecule has 1 atom stereocenters. The predicted octanol–water partition coefficient (Wildman–Crippen LogP) is 1.65. The maximum Gasteiger partial charge on any atom is 0.226 e. The second-order valence-corrected chi connectivity index (χ2v) is 2.81. The van der Waals surface area contributed by atoms with Crippen molar-refractivity contribution < 1.29 is 0 Å². The summed E-state index contributed by atoms with van der Waals surface area (Å²) in [5.41, 5.74) is 1.06. The largest absolute Gasteiger partial charge is 0.428 e. The van der Waals surface area contributed by atoms with Crippen LogP contribution in [0.15, 0.2) is 36.1 Å². The molecule has 1 unspecified atom stereocenters. The SMILES string of the molecule is [B]N(C)C1=CC(C)C=CC=C1. The third-order valence-corrected chi connectivity index (χ3v) is 1.63. The molecule has 1 aliphatic rings. The molecule has 11 heavy (non-hydrogen) atoms. The van der Waals surface area contributed by atoms with Gasteiger partial charge in [0, 0.05) is 5.70 Å². The molecule has 0 aromatic heterocycles. The van der Waals surface area contributed by atoms with E-state index in [1.54, 1.807) is 4.81 Å². The minimum Gasteiger partial charge on any atom is -0.428 e. The van der Waals surface area contributed by atoms with Gasteiger partial charge in [-0.15, -0.1) is 0 Å². The zero-order valence-corrected chi connectivity index (χ0v) is 6.99. The molecule has 0 amide bonds. The molecule has 0 bridgehead atoms. The highest BCUT2D eigenvalue weighted by molar-refractivity contribution is 6.05. The molecule has 0 fully saturated rings. The van der Waals surface area contributed by atoms with Gasteiger partial charge < -0.3 is 4.81 Å². The van der Waals surface area contributed by atoms with E-state index >= 15 is 0 Å². The Labute approximate surface area is 69.5 Å². The molecular formula is C9H12BN. The van der Waals surface area contributed by atoms with Crippen molar-refractivity contribution in [2.45, 2.75) is 6.92 Å². The summed E-state index contributed by atoms with van der Waals surface area (Å²) in [5.74, 6) is 0.464. The highest BCUT2D eigenvalue weighted by Crippen LogP contribution is 2.11. The number of rotatable bonds is 1. The summed E-state index contributed by atoms with van der Waals surface area (Å²) in [6.07, 6.45) is 10.3. The van der Waals surface area contributed by atoms with Gasteiger partial charge in [-0.2, -0.15) is 0 Å². The summed E-state index contributed by atoms with van der Waals surface area (Å²) in [6.45, 7) is 2.13. The van der Waals surface area contributed by atoms with Crippen molar-refractivity contribution in [1.29, 1.82) is 0 Å². The van der Waals surface area contributed by atoms with Gasteiger partial charge in [0.05, 0.1) is 0 Å². The fourth-order valence-corrected chi connectivity index (χ4v) is 1.01. The highest BCUT2D eigenvalue weighted by atomic mass is 15.0. The van der Waals surface area contributed by atoms with Crippen LogP contribution in [0.2, 0.25) is 0 Å². The van der Waals surface area contributed by atoms with Crippen LogP contribution >= 0.6 is 0 Å². The van der Waals surface area contributed by atoms with Crippen LogP contribution in [0.25, 0.3) is 0 Å². The Morgan fingerprint density at radius 2 is 2.18 bits per heavy atom. The van der Waals surface area contributed by atoms with E-state index in [9.17, 15) is 0 Å². The molecule has 0 heterocycles. The van der Waals surface area contributed by atoms with E-state index in [0.717, 1.165) is 5.70 Å². The minimum absolute atomic E-state index is 0.464. The molecule has 1 rings (SSSR count). The van der Waals surface area contributed by atoms with Crippen LogP contribution in [0, 0.1) is 5.92 Å². The zero-order chi connectivity index (χ0) is 8.27. The number of hydrogen-bond acceptors (Lipinski definition) is 1. The van der Waals surface area contributed by atoms with E-state index in [2.05, 4.69) is 19.1 Å². The molecule has 1 aliphatic carbocycles. The summed E-state index contributed by atoms with van der Waals surface area (Å²) in [6, 6.07) is 0. The smallest absolute Gasteiger partial charge is 0.226 e. The van der Waals surface area contributed by atoms with Crippen molar-refractivity contribution in [3.05, 3.63) is 36.1 Å². The first-order chi connectivity index (χ1) is 5.20. The highest BCUT2D eigenvalue weighted by Gasteiger charge is 1.99. The molecule has 2 heteroatoms. The van der Waals surface area contributed by atoms with Gasteiger partial charge in [0.1, 0.15) is 0 Å². The average Bonchev–Trinajstić information content (AvgIpc) is 2.13. The third-order valence-electron chi connectivity index (χ3n) is 1.63. The second kappa shape index (κ2) is 3.47. The van der Waals surface area contributed by atoms with Crippen molar-refractivity contribution in [3.8, 4) is 0 Å². The van der Waals surface area contributed by atoms with Crippen LogP contribution in [0.5, 0.6) is 0 Å². The van der Waals surface area contributed by atoms with Crippen molar-refractivity contribution in [3.63, 3.8) is 0 Å². The summed E-state index contributed by atoms with van der Waals surface area (Å²) in [4.78, 5) is 1.62. The normalized spacial score (nSPS) is 22.7. The summed E-state index contributed by atoms with van der Waals surface area (Å²) in [5, 5.41) is 0. The van der Waals surface area contributed by atoms with E-state index < -0.39 is 0 Å². The second-order valence-electron chi connectivity index (χ2n) is 2.81. The first kappa shape index (κ1) is 8.18. The van der Waals surface area contributed by atoms with Gasteiger partial charge >= 0.3 is 0 Å². The molecule has 0 aromatic carbocycles. The third kappa shape index (κ3) is 2.30. The molecule has 1 nitrogen and oxygen atoms in total. The van der Waals surface area contributed by atoms with Crippen molar-refractivity contribution in [2.24, 2.45) is 5.92 Å². The van der Waals surface area contributed by atoms with Crippen LogP contribution < -0.4 is 0 Å². The fourth-order valence-electron chi connectivity index (χ4n) is 1.01. The van der Waals surface area contributed by atoms with Crippen LogP contribution in [0.1, 0.15) is 6.92 Å². The topological polar surface area (TPSA) is 3.24 Å². The lowest BCUT2D eigenvalue weighted by molar-refractivity contribution is 0.690. The molecule has 0 spiro atoms. The van der Waals surface area contributed by atoms with E-state index in [1.165, 1.54) is 0 Å². The number of allylic oxidation sites excluding steroid dienone is 5. The van der Waals surface area contributed by atoms with E-state index in [-0.39, 0.29) is 0 Å². The van der Waals surface area contributed by atoms with Crippen LogP contribution in [-0.4, -0.2) is 19.8 Å². The molecular weight excluding hydrogens is 133 g/mol. The standard InChI is InChI=1S/C9H12BN/c1-8-5-3-4-6-9(7-8)11(2)10/h3-8H,1-2H3. The molecule has 0 saturated carbocycles. The lowest BCUT2D eigenvalue weighted by atomic mass is 10.1. The molecule has 56 valence electrons. The van der Waals surface area contributed by atoms with Gasteiger partial charge in [0.2, 0.25) is 7.98 Å². The Morgan fingerprint density at radius 1 is 1.45 bits per heavy atom. The number of hydrogen-bond donors (Lipinski definition) is 0. The Balaban J connectivity index is 2.80. The van der Waals surface area contributed by atoms with Crippen molar-refractivity contribution in [1.82, 2.24) is 4.81 Å². The van der Waals surface area contributed by atoms with Crippen molar-refractivity contribution >= 4 is 7.98 Å². The fraction of sp³-hybridized carbons (Fsp3) is 0.333. The van der Waals surface area contributed by atoms with Gasteiger partial charge in [0.25, 0.3) is 0 Å². The quantitative estimate of drug-likeness (QED) is 0.507. The monoisotopic (exact) mass is 145 g/mol. The van der Waals surface area contributed by atoms with E-state index in [1.807, 2.05) is 25.3 Å². The zero-order valence-electron chi connectivity index (χ0n) is 6.99.